The van der Waals surface area contributed by atoms with Gasteiger partial charge in [-0.05, 0) is 22.4 Å². The zero-order valence-electron chi connectivity index (χ0n) is 6.40. The maximum Gasteiger partial charge on any atom is 0.0748 e. The Balaban J connectivity index is 2.70. The summed E-state index contributed by atoms with van der Waals surface area (Å²) in [6, 6.07) is 8.23. The minimum Gasteiger partial charge on any atom is -0.316 e. The number of rotatable bonds is 1. The standard InChI is InChI=1S/C9H9NS2/c10-9(11)7-5-12-8-4-2-1-3-6(7)8/h1-5,9,11H,10H2. The summed E-state index contributed by atoms with van der Waals surface area (Å²) < 4.78 is 1.28. The van der Waals surface area contributed by atoms with Crippen molar-refractivity contribution in [3.05, 3.63) is 35.2 Å². The van der Waals surface area contributed by atoms with Gasteiger partial charge in [0.15, 0.2) is 0 Å². The molecule has 2 aromatic rings. The zero-order chi connectivity index (χ0) is 8.55. The third kappa shape index (κ3) is 1.24. The number of thiol groups is 1. The van der Waals surface area contributed by atoms with E-state index in [1.807, 2.05) is 12.1 Å². The Bertz CT molecular complexity index is 392. The lowest BCUT2D eigenvalue weighted by Gasteiger charge is -2.00. The molecule has 2 rings (SSSR count). The van der Waals surface area contributed by atoms with Crippen molar-refractivity contribution in [2.75, 3.05) is 0 Å². The van der Waals surface area contributed by atoms with Gasteiger partial charge in [0, 0.05) is 4.70 Å². The van der Waals surface area contributed by atoms with Crippen LogP contribution in [0.2, 0.25) is 0 Å². The molecule has 0 aliphatic heterocycles. The average Bonchev–Trinajstić information content (AvgIpc) is 2.47. The maximum atomic E-state index is 5.70. The lowest BCUT2D eigenvalue weighted by molar-refractivity contribution is 1.07. The van der Waals surface area contributed by atoms with E-state index in [9.17, 15) is 0 Å². The van der Waals surface area contributed by atoms with E-state index in [0.717, 1.165) is 5.56 Å². The van der Waals surface area contributed by atoms with Crippen LogP contribution in [-0.4, -0.2) is 0 Å². The summed E-state index contributed by atoms with van der Waals surface area (Å²) in [5, 5.41) is 3.13. The fourth-order valence-electron chi connectivity index (χ4n) is 1.23. The predicted octanol–water partition coefficient (Wildman–Crippen LogP) is 2.79. The Morgan fingerprint density at radius 3 is 2.83 bits per heavy atom. The van der Waals surface area contributed by atoms with Crippen molar-refractivity contribution in [3.63, 3.8) is 0 Å². The van der Waals surface area contributed by atoms with Crippen molar-refractivity contribution in [1.29, 1.82) is 0 Å². The molecule has 1 unspecified atom stereocenters. The van der Waals surface area contributed by atoms with Gasteiger partial charge in [0.25, 0.3) is 0 Å². The molecule has 62 valence electrons. The molecule has 1 atom stereocenters. The molecule has 0 spiro atoms. The highest BCUT2D eigenvalue weighted by Crippen LogP contribution is 2.30. The summed E-state index contributed by atoms with van der Waals surface area (Å²) >= 11 is 5.93. The minimum atomic E-state index is -0.166. The van der Waals surface area contributed by atoms with Gasteiger partial charge in [0.1, 0.15) is 0 Å². The quantitative estimate of drug-likeness (QED) is 0.531. The molecule has 0 fully saturated rings. The third-order valence-electron chi connectivity index (χ3n) is 1.83. The summed E-state index contributed by atoms with van der Waals surface area (Å²) in [6.45, 7) is 0. The molecule has 0 saturated heterocycles. The number of fused-ring (bicyclic) bond motifs is 1. The molecule has 1 heterocycles. The summed E-state index contributed by atoms with van der Waals surface area (Å²) in [6.07, 6.45) is 0. The van der Waals surface area contributed by atoms with E-state index in [2.05, 4.69) is 30.1 Å². The molecule has 1 aromatic carbocycles. The first-order chi connectivity index (χ1) is 5.79. The van der Waals surface area contributed by atoms with Gasteiger partial charge >= 0.3 is 0 Å². The number of thiophene rings is 1. The molecule has 0 aliphatic carbocycles. The summed E-state index contributed by atoms with van der Waals surface area (Å²) in [5.41, 5.74) is 6.82. The van der Waals surface area contributed by atoms with Crippen LogP contribution in [0.1, 0.15) is 10.9 Å². The first kappa shape index (κ1) is 8.10. The van der Waals surface area contributed by atoms with Crippen LogP contribution in [0.3, 0.4) is 0 Å². The zero-order valence-corrected chi connectivity index (χ0v) is 8.11. The molecule has 0 aliphatic rings. The Labute approximate surface area is 80.6 Å². The average molecular weight is 195 g/mol. The Morgan fingerprint density at radius 1 is 1.33 bits per heavy atom. The second kappa shape index (κ2) is 3.09. The predicted molar refractivity (Wildman–Crippen MR) is 57.7 cm³/mol. The van der Waals surface area contributed by atoms with Gasteiger partial charge in [-0.2, -0.15) is 12.6 Å². The van der Waals surface area contributed by atoms with Gasteiger partial charge in [-0.1, -0.05) is 18.2 Å². The SMILES string of the molecule is NC(S)c1csc2ccccc12. The van der Waals surface area contributed by atoms with Crippen LogP contribution < -0.4 is 5.73 Å². The molecule has 0 radical (unpaired) electrons. The summed E-state index contributed by atoms with van der Waals surface area (Å²) in [4.78, 5) is 0. The minimum absolute atomic E-state index is 0.166. The van der Waals surface area contributed by atoms with Crippen LogP contribution in [0.25, 0.3) is 10.1 Å². The fourth-order valence-corrected chi connectivity index (χ4v) is 2.54. The van der Waals surface area contributed by atoms with Gasteiger partial charge in [0.05, 0.1) is 5.37 Å². The Hall–Kier alpha value is -0.510. The van der Waals surface area contributed by atoms with Crippen LogP contribution >= 0.6 is 24.0 Å². The largest absolute Gasteiger partial charge is 0.316 e. The molecule has 0 saturated carbocycles. The molecule has 2 N–H and O–H groups in total. The maximum absolute atomic E-state index is 5.70. The Kier molecular flexibility index (Phi) is 2.09. The van der Waals surface area contributed by atoms with Crippen molar-refractivity contribution in [3.8, 4) is 0 Å². The van der Waals surface area contributed by atoms with Gasteiger partial charge < -0.3 is 5.73 Å². The first-order valence-corrected chi connectivity index (χ1v) is 5.08. The molecule has 0 amide bonds. The molecule has 3 heteroatoms. The molecule has 1 aromatic heterocycles. The van der Waals surface area contributed by atoms with E-state index < -0.39 is 0 Å². The third-order valence-corrected chi connectivity index (χ3v) is 3.09. The van der Waals surface area contributed by atoms with E-state index >= 15 is 0 Å². The number of hydrogen-bond donors (Lipinski definition) is 2. The summed E-state index contributed by atoms with van der Waals surface area (Å²) in [5.74, 6) is 0. The topological polar surface area (TPSA) is 26.0 Å². The van der Waals surface area contributed by atoms with Gasteiger partial charge in [0.2, 0.25) is 0 Å². The Morgan fingerprint density at radius 2 is 2.08 bits per heavy atom. The fraction of sp³-hybridized carbons (Fsp3) is 0.111. The van der Waals surface area contributed by atoms with Crippen molar-refractivity contribution in [2.24, 2.45) is 5.73 Å². The van der Waals surface area contributed by atoms with E-state index in [1.165, 1.54) is 10.1 Å². The van der Waals surface area contributed by atoms with Crippen molar-refractivity contribution in [1.82, 2.24) is 0 Å². The first-order valence-electron chi connectivity index (χ1n) is 3.69. The monoisotopic (exact) mass is 195 g/mol. The lowest BCUT2D eigenvalue weighted by Crippen LogP contribution is -2.00. The highest BCUT2D eigenvalue weighted by Gasteiger charge is 2.06. The number of benzene rings is 1. The number of hydrogen-bond acceptors (Lipinski definition) is 3. The highest BCUT2D eigenvalue weighted by atomic mass is 32.1. The van der Waals surface area contributed by atoms with Crippen molar-refractivity contribution >= 4 is 34.1 Å². The van der Waals surface area contributed by atoms with Gasteiger partial charge in [-0.3, -0.25) is 0 Å². The van der Waals surface area contributed by atoms with Crippen molar-refractivity contribution in [2.45, 2.75) is 5.37 Å². The molecule has 0 bridgehead atoms. The van der Waals surface area contributed by atoms with Crippen LogP contribution in [0, 0.1) is 0 Å². The van der Waals surface area contributed by atoms with Gasteiger partial charge in [-0.25, -0.2) is 0 Å². The second-order valence-corrected chi connectivity index (χ2v) is 4.10. The molecule has 12 heavy (non-hydrogen) atoms. The smallest absolute Gasteiger partial charge is 0.0748 e. The van der Waals surface area contributed by atoms with Gasteiger partial charge in [-0.15, -0.1) is 11.3 Å². The second-order valence-electron chi connectivity index (χ2n) is 2.63. The molecular weight excluding hydrogens is 186 g/mol. The highest BCUT2D eigenvalue weighted by molar-refractivity contribution is 7.80. The molecular formula is C9H9NS2. The lowest BCUT2D eigenvalue weighted by atomic mass is 10.2. The van der Waals surface area contributed by atoms with Crippen LogP contribution in [0.5, 0.6) is 0 Å². The van der Waals surface area contributed by atoms with E-state index in [0.29, 0.717) is 0 Å². The van der Waals surface area contributed by atoms with Crippen molar-refractivity contribution < 1.29 is 0 Å². The van der Waals surface area contributed by atoms with Crippen LogP contribution in [-0.2, 0) is 0 Å². The summed E-state index contributed by atoms with van der Waals surface area (Å²) in [7, 11) is 0. The number of nitrogens with two attached hydrogens (primary N) is 1. The van der Waals surface area contributed by atoms with Crippen LogP contribution in [0.15, 0.2) is 29.6 Å². The van der Waals surface area contributed by atoms with Crippen LogP contribution in [0.4, 0.5) is 0 Å². The van der Waals surface area contributed by atoms with E-state index in [-0.39, 0.29) is 5.37 Å². The van der Waals surface area contributed by atoms with E-state index in [1.54, 1.807) is 11.3 Å². The normalized spacial score (nSPS) is 13.5. The molecule has 1 nitrogen and oxygen atoms in total. The van der Waals surface area contributed by atoms with E-state index in [4.69, 9.17) is 5.73 Å².